The normalized spacial score (nSPS) is 12.0. The summed E-state index contributed by atoms with van der Waals surface area (Å²) in [5.74, 6) is -0.626. The number of amides is 3. The molecule has 0 aliphatic rings. The van der Waals surface area contributed by atoms with Crippen molar-refractivity contribution in [3.05, 3.63) is 64.7 Å². The molecule has 0 saturated carbocycles. The minimum Gasteiger partial charge on any atom is -0.444 e. The topological polar surface area (TPSA) is 87.7 Å². The molecule has 7 heteroatoms. The molecule has 1 unspecified atom stereocenters. The standard InChI is InChI=1S/C31H45N3O4/c1-8-9-10-11-12-20-34(26(35)21-32-30(37)38-31(5,6)7)28(25-18-16-22(2)17-19-25)29(36)33-27-23(3)14-13-15-24(27)4/h13-19,28H,8-12,20-21H2,1-7H3,(H,32,37)(H,33,36). The largest absolute Gasteiger partial charge is 0.444 e. The molecule has 0 spiro atoms. The van der Waals surface area contributed by atoms with E-state index in [1.165, 1.54) is 0 Å². The van der Waals surface area contributed by atoms with Gasteiger partial charge >= 0.3 is 6.09 Å². The molecule has 0 fully saturated rings. The van der Waals surface area contributed by atoms with E-state index in [-0.39, 0.29) is 18.4 Å². The van der Waals surface area contributed by atoms with Crippen molar-refractivity contribution < 1.29 is 19.1 Å². The summed E-state index contributed by atoms with van der Waals surface area (Å²) >= 11 is 0. The number of benzene rings is 2. The molecule has 2 aromatic rings. The van der Waals surface area contributed by atoms with Gasteiger partial charge in [-0.1, -0.05) is 80.6 Å². The zero-order chi connectivity index (χ0) is 28.3. The number of hydrogen-bond donors (Lipinski definition) is 2. The minimum absolute atomic E-state index is 0.261. The molecule has 1 atom stereocenters. The number of aryl methyl sites for hydroxylation is 3. The summed E-state index contributed by atoms with van der Waals surface area (Å²) in [7, 11) is 0. The van der Waals surface area contributed by atoms with E-state index in [4.69, 9.17) is 4.74 Å². The molecule has 3 amide bonds. The third kappa shape index (κ3) is 9.84. The van der Waals surface area contributed by atoms with Crippen LogP contribution in [-0.2, 0) is 14.3 Å². The predicted octanol–water partition coefficient (Wildman–Crippen LogP) is 6.62. The number of carbonyl (C=O) groups excluding carboxylic acids is 3. The molecule has 2 aromatic carbocycles. The summed E-state index contributed by atoms with van der Waals surface area (Å²) in [6.07, 6.45) is 4.36. The molecule has 0 aliphatic carbocycles. The fourth-order valence-corrected chi connectivity index (χ4v) is 4.27. The molecule has 2 rings (SSSR count). The fourth-order valence-electron chi connectivity index (χ4n) is 4.27. The van der Waals surface area contributed by atoms with Gasteiger partial charge in [-0.25, -0.2) is 4.79 Å². The van der Waals surface area contributed by atoms with Gasteiger partial charge in [0, 0.05) is 12.2 Å². The van der Waals surface area contributed by atoms with Crippen LogP contribution >= 0.6 is 0 Å². The molecule has 0 saturated heterocycles. The number of nitrogens with one attached hydrogen (secondary N) is 2. The molecular weight excluding hydrogens is 478 g/mol. The number of ether oxygens (including phenoxy) is 1. The second kappa shape index (κ2) is 14.6. The third-order valence-electron chi connectivity index (χ3n) is 6.29. The fraction of sp³-hybridized carbons (Fsp3) is 0.516. The van der Waals surface area contributed by atoms with E-state index < -0.39 is 17.7 Å². The van der Waals surface area contributed by atoms with Crippen molar-refractivity contribution in [1.29, 1.82) is 0 Å². The summed E-state index contributed by atoms with van der Waals surface area (Å²) in [6.45, 7) is 13.5. The molecule has 208 valence electrons. The van der Waals surface area contributed by atoms with Crippen LogP contribution in [-0.4, -0.2) is 41.5 Å². The number of hydrogen-bond acceptors (Lipinski definition) is 4. The molecule has 2 N–H and O–H groups in total. The molecule has 0 aliphatic heterocycles. The highest BCUT2D eigenvalue weighted by Gasteiger charge is 2.32. The summed E-state index contributed by atoms with van der Waals surface area (Å²) in [5, 5.41) is 5.66. The quantitative estimate of drug-likeness (QED) is 0.306. The number of nitrogens with zero attached hydrogens (tertiary/aromatic N) is 1. The zero-order valence-electron chi connectivity index (χ0n) is 24.1. The van der Waals surface area contributed by atoms with Crippen molar-refractivity contribution in [2.24, 2.45) is 0 Å². The molecule has 7 nitrogen and oxygen atoms in total. The summed E-state index contributed by atoms with van der Waals surface area (Å²) in [6, 6.07) is 12.7. The van der Waals surface area contributed by atoms with Crippen LogP contribution in [0, 0.1) is 20.8 Å². The third-order valence-corrected chi connectivity index (χ3v) is 6.29. The van der Waals surface area contributed by atoms with Crippen molar-refractivity contribution >= 4 is 23.6 Å². The van der Waals surface area contributed by atoms with Crippen LogP contribution in [0.1, 0.15) is 88.1 Å². The van der Waals surface area contributed by atoms with Crippen LogP contribution in [0.4, 0.5) is 10.5 Å². The Morgan fingerprint density at radius 3 is 2.08 bits per heavy atom. The van der Waals surface area contributed by atoms with Crippen molar-refractivity contribution in [1.82, 2.24) is 10.2 Å². The van der Waals surface area contributed by atoms with E-state index in [0.29, 0.717) is 6.54 Å². The van der Waals surface area contributed by atoms with Crippen LogP contribution in [0.15, 0.2) is 42.5 Å². The predicted molar refractivity (Wildman–Crippen MR) is 153 cm³/mol. The molecular formula is C31H45N3O4. The van der Waals surface area contributed by atoms with Gasteiger partial charge in [-0.3, -0.25) is 9.59 Å². The summed E-state index contributed by atoms with van der Waals surface area (Å²) < 4.78 is 5.30. The molecule has 0 radical (unpaired) electrons. The first-order chi connectivity index (χ1) is 17.9. The Bertz CT molecular complexity index is 1050. The Hall–Kier alpha value is -3.35. The molecule has 0 bridgehead atoms. The average Bonchev–Trinajstić information content (AvgIpc) is 2.84. The molecule has 0 aromatic heterocycles. The summed E-state index contributed by atoms with van der Waals surface area (Å²) in [5.41, 5.74) is 3.75. The van der Waals surface area contributed by atoms with Crippen LogP contribution in [0.25, 0.3) is 0 Å². The van der Waals surface area contributed by atoms with E-state index in [1.54, 1.807) is 25.7 Å². The Kier molecular flexibility index (Phi) is 11.8. The number of unbranched alkanes of at least 4 members (excludes halogenated alkanes) is 4. The second-order valence-corrected chi connectivity index (χ2v) is 10.9. The maximum atomic E-state index is 13.9. The number of alkyl carbamates (subject to hydrolysis) is 1. The van der Waals surface area contributed by atoms with Gasteiger partial charge in [-0.05, 0) is 64.7 Å². The summed E-state index contributed by atoms with van der Waals surface area (Å²) in [4.78, 5) is 41.3. The Morgan fingerprint density at radius 1 is 0.895 bits per heavy atom. The van der Waals surface area contributed by atoms with Crippen molar-refractivity contribution in [2.75, 3.05) is 18.4 Å². The van der Waals surface area contributed by atoms with Crippen LogP contribution < -0.4 is 10.6 Å². The van der Waals surface area contributed by atoms with Crippen LogP contribution in [0.5, 0.6) is 0 Å². The van der Waals surface area contributed by atoms with Crippen molar-refractivity contribution in [3.63, 3.8) is 0 Å². The molecule has 0 heterocycles. The first-order valence-corrected chi connectivity index (χ1v) is 13.6. The van der Waals surface area contributed by atoms with Crippen molar-refractivity contribution in [2.45, 2.75) is 92.2 Å². The van der Waals surface area contributed by atoms with Gasteiger partial charge in [-0.15, -0.1) is 0 Å². The lowest BCUT2D eigenvalue weighted by atomic mass is 10.0. The van der Waals surface area contributed by atoms with E-state index >= 15 is 0 Å². The van der Waals surface area contributed by atoms with Crippen molar-refractivity contribution in [3.8, 4) is 0 Å². The van der Waals surface area contributed by atoms with Gasteiger partial charge in [0.1, 0.15) is 18.2 Å². The van der Waals surface area contributed by atoms with Gasteiger partial charge in [0.15, 0.2) is 0 Å². The Labute approximate surface area is 228 Å². The first-order valence-electron chi connectivity index (χ1n) is 13.6. The lowest BCUT2D eigenvalue weighted by molar-refractivity contribution is -0.138. The highest BCUT2D eigenvalue weighted by atomic mass is 16.6. The Morgan fingerprint density at radius 2 is 1.50 bits per heavy atom. The monoisotopic (exact) mass is 523 g/mol. The van der Waals surface area contributed by atoms with E-state index in [9.17, 15) is 14.4 Å². The van der Waals surface area contributed by atoms with Gasteiger partial charge in [0.25, 0.3) is 5.91 Å². The first kappa shape index (κ1) is 30.9. The van der Waals surface area contributed by atoms with E-state index in [2.05, 4.69) is 17.6 Å². The van der Waals surface area contributed by atoms with Crippen LogP contribution in [0.2, 0.25) is 0 Å². The zero-order valence-corrected chi connectivity index (χ0v) is 24.1. The lowest BCUT2D eigenvalue weighted by Crippen LogP contribution is -2.47. The Balaban J connectivity index is 2.38. The van der Waals surface area contributed by atoms with Gasteiger partial charge in [-0.2, -0.15) is 0 Å². The van der Waals surface area contributed by atoms with E-state index in [1.807, 2.05) is 63.2 Å². The lowest BCUT2D eigenvalue weighted by Gasteiger charge is -2.32. The minimum atomic E-state index is -0.853. The maximum Gasteiger partial charge on any atom is 0.408 e. The number of rotatable bonds is 12. The van der Waals surface area contributed by atoms with Gasteiger partial charge < -0.3 is 20.3 Å². The SMILES string of the molecule is CCCCCCCN(C(=O)CNC(=O)OC(C)(C)C)C(C(=O)Nc1c(C)cccc1C)c1ccc(C)cc1. The number of para-hydroxylation sites is 1. The number of anilines is 1. The second-order valence-electron chi connectivity index (χ2n) is 10.9. The smallest absolute Gasteiger partial charge is 0.408 e. The average molecular weight is 524 g/mol. The molecule has 38 heavy (non-hydrogen) atoms. The number of carbonyl (C=O) groups is 3. The highest BCUT2D eigenvalue weighted by Crippen LogP contribution is 2.27. The van der Waals surface area contributed by atoms with E-state index in [0.717, 1.165) is 60.0 Å². The maximum absolute atomic E-state index is 13.9. The van der Waals surface area contributed by atoms with Crippen LogP contribution in [0.3, 0.4) is 0 Å². The van der Waals surface area contributed by atoms with Gasteiger partial charge in [0.05, 0.1) is 0 Å². The highest BCUT2D eigenvalue weighted by molar-refractivity contribution is 5.99. The van der Waals surface area contributed by atoms with Gasteiger partial charge in [0.2, 0.25) is 5.91 Å².